The van der Waals surface area contributed by atoms with Crippen LogP contribution >= 0.6 is 0 Å². The summed E-state index contributed by atoms with van der Waals surface area (Å²) >= 11 is 0. The minimum atomic E-state index is -1.63. The molecule has 1 aromatic rings. The van der Waals surface area contributed by atoms with Crippen molar-refractivity contribution in [3.8, 4) is 0 Å². The summed E-state index contributed by atoms with van der Waals surface area (Å²) in [6.45, 7) is 4.16. The molecule has 0 aromatic heterocycles. The molecule has 0 atom stereocenters. The molecule has 2 N–H and O–H groups in total. The van der Waals surface area contributed by atoms with Crippen molar-refractivity contribution < 1.29 is 18.0 Å². The number of aliphatic imine (C=N–C) groups is 1. The van der Waals surface area contributed by atoms with Crippen LogP contribution in [0.2, 0.25) is 0 Å². The van der Waals surface area contributed by atoms with E-state index in [1.54, 1.807) is 7.05 Å². The Balaban J connectivity index is 2.56. The second kappa shape index (κ2) is 9.59. The number of carbonyl (C=O) groups excluding carboxylic acids is 1. The molecule has 0 heterocycles. The average molecular weight is 342 g/mol. The Kier molecular flexibility index (Phi) is 7.81. The number of nitrogens with one attached hydrogen (secondary N) is 2. The first kappa shape index (κ1) is 19.5. The average Bonchev–Trinajstić information content (AvgIpc) is 2.56. The predicted octanol–water partition coefficient (Wildman–Crippen LogP) is 2.52. The van der Waals surface area contributed by atoms with Crippen LogP contribution in [0.4, 0.5) is 18.9 Å². The van der Waals surface area contributed by atoms with Gasteiger partial charge in [-0.25, -0.2) is 13.2 Å². The number of guanidine groups is 1. The highest BCUT2D eigenvalue weighted by Gasteiger charge is 2.15. The number of nitrogens with zero attached hydrogens (tertiary/aromatic N) is 2. The molecule has 0 unspecified atom stereocenters. The molecule has 0 aliphatic carbocycles. The zero-order valence-electron chi connectivity index (χ0n) is 13.7. The van der Waals surface area contributed by atoms with Gasteiger partial charge in [-0.1, -0.05) is 6.08 Å². The number of carbonyl (C=O) groups is 1. The Morgan fingerprint density at radius 2 is 2.04 bits per heavy atom. The lowest BCUT2D eigenvalue weighted by Gasteiger charge is -2.21. The van der Waals surface area contributed by atoms with Crippen LogP contribution in [0.1, 0.15) is 12.8 Å². The minimum Gasteiger partial charge on any atom is -0.347 e. The summed E-state index contributed by atoms with van der Waals surface area (Å²) in [5.74, 6) is -4.50. The first-order chi connectivity index (χ1) is 11.4. The molecule has 8 heteroatoms. The Bertz CT molecular complexity index is 620. The second-order valence-electron chi connectivity index (χ2n) is 5.02. The molecule has 0 saturated heterocycles. The van der Waals surface area contributed by atoms with Gasteiger partial charge in [0.05, 0.1) is 12.2 Å². The maximum atomic E-state index is 13.5. The van der Waals surface area contributed by atoms with Gasteiger partial charge in [0.1, 0.15) is 0 Å². The van der Waals surface area contributed by atoms with Crippen LogP contribution in [-0.2, 0) is 4.79 Å². The molecular formula is C16H21F3N4O. The molecular weight excluding hydrogens is 321 g/mol. The topological polar surface area (TPSA) is 56.7 Å². The molecule has 0 aliphatic heterocycles. The number of benzene rings is 1. The van der Waals surface area contributed by atoms with Crippen LogP contribution in [0, 0.1) is 17.5 Å². The van der Waals surface area contributed by atoms with Crippen LogP contribution in [0.15, 0.2) is 29.8 Å². The Hall–Kier alpha value is -2.51. The van der Waals surface area contributed by atoms with Gasteiger partial charge in [-0.05, 0) is 25.0 Å². The van der Waals surface area contributed by atoms with Crippen LogP contribution in [0.3, 0.4) is 0 Å². The van der Waals surface area contributed by atoms with E-state index in [0.717, 1.165) is 25.0 Å². The SMILES string of the molecule is C=CCCCN(C)C(=NC)NCC(=O)Nc1ccc(F)c(F)c1F. The van der Waals surface area contributed by atoms with E-state index >= 15 is 0 Å². The van der Waals surface area contributed by atoms with Gasteiger partial charge in [-0.15, -0.1) is 6.58 Å². The zero-order valence-corrected chi connectivity index (χ0v) is 13.7. The Morgan fingerprint density at radius 1 is 1.33 bits per heavy atom. The molecule has 0 radical (unpaired) electrons. The molecule has 1 aromatic carbocycles. The number of hydrogen-bond donors (Lipinski definition) is 2. The van der Waals surface area contributed by atoms with Crippen molar-refractivity contribution in [3.63, 3.8) is 0 Å². The maximum Gasteiger partial charge on any atom is 0.243 e. The zero-order chi connectivity index (χ0) is 18.1. The summed E-state index contributed by atoms with van der Waals surface area (Å²) in [4.78, 5) is 17.7. The monoisotopic (exact) mass is 342 g/mol. The van der Waals surface area contributed by atoms with Crippen LogP contribution in [-0.4, -0.2) is 44.0 Å². The van der Waals surface area contributed by atoms with Crippen LogP contribution in [0.5, 0.6) is 0 Å². The number of unbranched alkanes of at least 4 members (excludes halogenated alkanes) is 1. The second-order valence-corrected chi connectivity index (χ2v) is 5.02. The van der Waals surface area contributed by atoms with Gasteiger partial charge in [0, 0.05) is 20.6 Å². The molecule has 132 valence electrons. The molecule has 1 amide bonds. The summed E-state index contributed by atoms with van der Waals surface area (Å²) in [5, 5.41) is 4.99. The third kappa shape index (κ3) is 5.60. The highest BCUT2D eigenvalue weighted by atomic mass is 19.2. The van der Waals surface area contributed by atoms with E-state index in [-0.39, 0.29) is 6.54 Å². The third-order valence-electron chi connectivity index (χ3n) is 3.19. The molecule has 5 nitrogen and oxygen atoms in total. The first-order valence-corrected chi connectivity index (χ1v) is 7.36. The lowest BCUT2D eigenvalue weighted by molar-refractivity contribution is -0.115. The molecule has 24 heavy (non-hydrogen) atoms. The van der Waals surface area contributed by atoms with Crippen molar-refractivity contribution in [2.45, 2.75) is 12.8 Å². The highest BCUT2D eigenvalue weighted by Crippen LogP contribution is 2.19. The Morgan fingerprint density at radius 3 is 2.67 bits per heavy atom. The van der Waals surface area contributed by atoms with E-state index in [1.165, 1.54) is 0 Å². The standard InChI is InChI=1S/C16H21F3N4O/c1-4-5-6-9-23(3)16(20-2)21-10-13(24)22-12-8-7-11(17)14(18)15(12)19/h4,7-8H,1,5-6,9-10H2,2-3H3,(H,20,21)(H,22,24). The number of anilines is 1. The highest BCUT2D eigenvalue weighted by molar-refractivity contribution is 5.95. The van der Waals surface area contributed by atoms with Crippen LogP contribution in [0.25, 0.3) is 0 Å². The summed E-state index contributed by atoms with van der Waals surface area (Å²) in [5.41, 5.74) is -0.421. The van der Waals surface area contributed by atoms with Gasteiger partial charge in [0.15, 0.2) is 23.4 Å². The summed E-state index contributed by atoms with van der Waals surface area (Å²) < 4.78 is 39.5. The quantitative estimate of drug-likeness (QED) is 0.263. The van der Waals surface area contributed by atoms with Crippen molar-refractivity contribution in [2.24, 2.45) is 4.99 Å². The molecule has 0 saturated carbocycles. The van der Waals surface area contributed by atoms with Gasteiger partial charge in [0.2, 0.25) is 5.91 Å². The van der Waals surface area contributed by atoms with E-state index in [1.807, 2.05) is 18.0 Å². The van der Waals surface area contributed by atoms with E-state index in [2.05, 4.69) is 22.2 Å². The molecule has 0 aliphatic rings. The molecule has 0 bridgehead atoms. The fourth-order valence-corrected chi connectivity index (χ4v) is 1.94. The van der Waals surface area contributed by atoms with Crippen LogP contribution < -0.4 is 10.6 Å². The van der Waals surface area contributed by atoms with Crippen molar-refractivity contribution in [1.29, 1.82) is 0 Å². The van der Waals surface area contributed by atoms with Gasteiger partial charge in [-0.3, -0.25) is 9.79 Å². The van der Waals surface area contributed by atoms with Crippen molar-refractivity contribution in [3.05, 3.63) is 42.2 Å². The van der Waals surface area contributed by atoms with E-state index in [4.69, 9.17) is 0 Å². The molecule has 1 rings (SSSR count). The van der Waals surface area contributed by atoms with E-state index < -0.39 is 29.0 Å². The Labute approximate surface area is 139 Å². The summed E-state index contributed by atoms with van der Waals surface area (Å²) in [6, 6.07) is 1.70. The lowest BCUT2D eigenvalue weighted by atomic mass is 10.2. The van der Waals surface area contributed by atoms with Gasteiger partial charge >= 0.3 is 0 Å². The fraction of sp³-hybridized carbons (Fsp3) is 0.375. The summed E-state index contributed by atoms with van der Waals surface area (Å²) in [7, 11) is 3.38. The fourth-order valence-electron chi connectivity index (χ4n) is 1.94. The molecule has 0 fully saturated rings. The normalized spacial score (nSPS) is 11.1. The summed E-state index contributed by atoms with van der Waals surface area (Å²) in [6.07, 6.45) is 3.55. The lowest BCUT2D eigenvalue weighted by Crippen LogP contribution is -2.42. The van der Waals surface area contributed by atoms with Gasteiger partial charge < -0.3 is 15.5 Å². The van der Waals surface area contributed by atoms with E-state index in [9.17, 15) is 18.0 Å². The number of hydrogen-bond acceptors (Lipinski definition) is 2. The van der Waals surface area contributed by atoms with E-state index in [0.29, 0.717) is 12.5 Å². The third-order valence-corrected chi connectivity index (χ3v) is 3.19. The molecule has 0 spiro atoms. The largest absolute Gasteiger partial charge is 0.347 e. The van der Waals surface area contributed by atoms with Crippen molar-refractivity contribution in [1.82, 2.24) is 10.2 Å². The van der Waals surface area contributed by atoms with Crippen molar-refractivity contribution >= 4 is 17.6 Å². The predicted molar refractivity (Wildman–Crippen MR) is 88.4 cm³/mol. The van der Waals surface area contributed by atoms with Crippen molar-refractivity contribution in [2.75, 3.05) is 32.5 Å². The van der Waals surface area contributed by atoms with Gasteiger partial charge in [0.25, 0.3) is 0 Å². The minimum absolute atomic E-state index is 0.198. The number of amides is 1. The number of allylic oxidation sites excluding steroid dienone is 1. The maximum absolute atomic E-state index is 13.5. The van der Waals surface area contributed by atoms with Gasteiger partial charge in [-0.2, -0.15) is 0 Å². The number of halogens is 3. The number of rotatable bonds is 7. The smallest absolute Gasteiger partial charge is 0.243 e. The first-order valence-electron chi connectivity index (χ1n) is 7.36.